The zero-order valence-electron chi connectivity index (χ0n) is 4.83. The molecule has 0 aromatic heterocycles. The highest BCUT2D eigenvalue weighted by Crippen LogP contribution is 1.98. The van der Waals surface area contributed by atoms with E-state index in [-0.39, 0.29) is 0 Å². The van der Waals surface area contributed by atoms with Gasteiger partial charge in [0.1, 0.15) is 0 Å². The third-order valence-corrected chi connectivity index (χ3v) is 1.39. The van der Waals surface area contributed by atoms with Crippen LogP contribution in [0.5, 0.6) is 0 Å². The molecule has 8 heavy (non-hydrogen) atoms. The Balaban J connectivity index is 2.42. The summed E-state index contributed by atoms with van der Waals surface area (Å²) in [6, 6.07) is 0. The average Bonchev–Trinajstić information content (AvgIpc) is 1.64. The molecule has 1 heterocycles. The molecule has 0 radical (unpaired) electrons. The maximum Gasteiger partial charge on any atom is 0.0865 e. The third-order valence-electron chi connectivity index (χ3n) is 1.08. The summed E-state index contributed by atoms with van der Waals surface area (Å²) in [5, 5.41) is 3.35. The molecule has 0 aliphatic carbocycles. The molecule has 1 N–H and O–H groups in total. The molecule has 1 aliphatic rings. The highest BCUT2D eigenvalue weighted by Gasteiger charge is 2.04. The molecule has 2 nitrogen and oxygen atoms in total. The normalized spacial score (nSPS) is 27.8. The van der Waals surface area contributed by atoms with Crippen LogP contribution in [0, 0.1) is 0 Å². The fourth-order valence-corrected chi connectivity index (χ4v) is 1.01. The number of likely N-dealkylation sites (N-methyl/N-ethyl adjacent to an activating group) is 1. The molecule has 0 spiro atoms. The lowest BCUT2D eigenvalue weighted by atomic mass is 10.5. The highest BCUT2D eigenvalue weighted by molar-refractivity contribution is 7.80. The van der Waals surface area contributed by atoms with Gasteiger partial charge in [0.05, 0.1) is 5.37 Å². The molecule has 1 unspecified atom stereocenters. The Morgan fingerprint density at radius 2 is 2.62 bits per heavy atom. The number of hydrogen-bond acceptors (Lipinski definition) is 3. The molecule has 46 valence electrons. The Kier molecular flexibility index (Phi) is 1.68. The van der Waals surface area contributed by atoms with Crippen LogP contribution >= 0.6 is 12.6 Å². The molecule has 1 atom stereocenters. The number of nitrogens with one attached hydrogen (secondary N) is 1. The monoisotopic (exact) mass is 130 g/mol. The van der Waals surface area contributed by atoms with Gasteiger partial charge in [-0.1, -0.05) is 0 Å². The maximum absolute atomic E-state index is 4.22. The Bertz CT molecular complexity index is 103. The van der Waals surface area contributed by atoms with Gasteiger partial charge in [-0.25, -0.2) is 0 Å². The maximum atomic E-state index is 4.22. The van der Waals surface area contributed by atoms with E-state index in [9.17, 15) is 0 Å². The average molecular weight is 130 g/mol. The Labute approximate surface area is 55.0 Å². The van der Waals surface area contributed by atoms with Gasteiger partial charge in [-0.05, 0) is 0 Å². The molecule has 0 amide bonds. The lowest BCUT2D eigenvalue weighted by molar-refractivity contribution is 0.416. The third kappa shape index (κ3) is 1.33. The second-order valence-corrected chi connectivity index (χ2v) is 2.56. The molecule has 0 saturated heterocycles. The molecule has 0 bridgehead atoms. The van der Waals surface area contributed by atoms with Crippen LogP contribution in [0.15, 0.2) is 12.4 Å². The number of hydrogen-bond donors (Lipinski definition) is 2. The Hall–Kier alpha value is -0.310. The molecular weight excluding hydrogens is 120 g/mol. The van der Waals surface area contributed by atoms with Gasteiger partial charge in [0.15, 0.2) is 0 Å². The van der Waals surface area contributed by atoms with Crippen molar-refractivity contribution in [3.63, 3.8) is 0 Å². The highest BCUT2D eigenvalue weighted by atomic mass is 32.1. The molecule has 0 aromatic carbocycles. The fraction of sp³-hybridized carbons (Fsp3) is 0.600. The van der Waals surface area contributed by atoms with Crippen LogP contribution in [0.25, 0.3) is 0 Å². The second kappa shape index (κ2) is 2.31. The van der Waals surface area contributed by atoms with E-state index in [4.69, 9.17) is 0 Å². The van der Waals surface area contributed by atoms with Crippen LogP contribution in [0.3, 0.4) is 0 Å². The van der Waals surface area contributed by atoms with Gasteiger partial charge in [-0.2, -0.15) is 12.6 Å². The van der Waals surface area contributed by atoms with Gasteiger partial charge < -0.3 is 10.2 Å². The molecule has 3 heteroatoms. The van der Waals surface area contributed by atoms with Crippen LogP contribution in [0.1, 0.15) is 0 Å². The van der Waals surface area contributed by atoms with Crippen molar-refractivity contribution >= 4 is 12.6 Å². The van der Waals surface area contributed by atoms with Crippen molar-refractivity contribution in [2.75, 3.05) is 13.6 Å². The van der Waals surface area contributed by atoms with E-state index in [0.29, 0.717) is 5.37 Å². The van der Waals surface area contributed by atoms with Gasteiger partial charge in [0.2, 0.25) is 0 Å². The lowest BCUT2D eigenvalue weighted by Crippen LogP contribution is -2.34. The van der Waals surface area contributed by atoms with Gasteiger partial charge in [-0.3, -0.25) is 0 Å². The molecule has 0 saturated carbocycles. The molecule has 0 fully saturated rings. The molecule has 1 aliphatic heterocycles. The predicted molar refractivity (Wildman–Crippen MR) is 37.7 cm³/mol. The number of rotatable bonds is 0. The van der Waals surface area contributed by atoms with E-state index in [1.165, 1.54) is 0 Å². The van der Waals surface area contributed by atoms with Crippen molar-refractivity contribution in [2.45, 2.75) is 5.37 Å². The minimum atomic E-state index is 0.296. The van der Waals surface area contributed by atoms with Crippen molar-refractivity contribution in [1.29, 1.82) is 0 Å². The van der Waals surface area contributed by atoms with Crippen LogP contribution in [-0.2, 0) is 0 Å². The second-order valence-electron chi connectivity index (χ2n) is 1.94. The van der Waals surface area contributed by atoms with E-state index >= 15 is 0 Å². The van der Waals surface area contributed by atoms with Crippen LogP contribution in [-0.4, -0.2) is 23.9 Å². The first-order valence-corrected chi connectivity index (χ1v) is 3.12. The predicted octanol–water partition coefficient (Wildman–Crippen LogP) is 0.248. The van der Waals surface area contributed by atoms with Gasteiger partial charge in [0, 0.05) is 26.0 Å². The molecular formula is C5H10N2S. The minimum absolute atomic E-state index is 0.296. The van der Waals surface area contributed by atoms with Crippen LogP contribution in [0.2, 0.25) is 0 Å². The fourth-order valence-electron chi connectivity index (χ4n) is 0.668. The summed E-state index contributed by atoms with van der Waals surface area (Å²) >= 11 is 4.22. The van der Waals surface area contributed by atoms with E-state index in [2.05, 4.69) is 22.8 Å². The van der Waals surface area contributed by atoms with Gasteiger partial charge >= 0.3 is 0 Å². The summed E-state index contributed by atoms with van der Waals surface area (Å²) in [6.45, 7) is 0.972. The smallest absolute Gasteiger partial charge is 0.0865 e. The largest absolute Gasteiger partial charge is 0.377 e. The first kappa shape index (κ1) is 5.82. The summed E-state index contributed by atoms with van der Waals surface area (Å²) in [5.74, 6) is 0. The Morgan fingerprint density at radius 3 is 3.00 bits per heavy atom. The van der Waals surface area contributed by atoms with Crippen LogP contribution < -0.4 is 5.32 Å². The minimum Gasteiger partial charge on any atom is -0.377 e. The lowest BCUT2D eigenvalue weighted by Gasteiger charge is -2.23. The van der Waals surface area contributed by atoms with E-state index in [1.54, 1.807) is 0 Å². The van der Waals surface area contributed by atoms with E-state index in [0.717, 1.165) is 6.54 Å². The number of nitrogens with zero attached hydrogens (tertiary/aromatic N) is 1. The summed E-state index contributed by atoms with van der Waals surface area (Å²) in [6.07, 6.45) is 3.90. The Morgan fingerprint density at radius 1 is 1.88 bits per heavy atom. The summed E-state index contributed by atoms with van der Waals surface area (Å²) in [5.41, 5.74) is 0. The molecule has 0 aromatic rings. The van der Waals surface area contributed by atoms with Crippen molar-refractivity contribution < 1.29 is 0 Å². The van der Waals surface area contributed by atoms with Gasteiger partial charge in [-0.15, -0.1) is 0 Å². The topological polar surface area (TPSA) is 15.3 Å². The van der Waals surface area contributed by atoms with Crippen LogP contribution in [0.4, 0.5) is 0 Å². The zero-order chi connectivity index (χ0) is 5.98. The van der Waals surface area contributed by atoms with E-state index < -0.39 is 0 Å². The van der Waals surface area contributed by atoms with Crippen molar-refractivity contribution in [2.24, 2.45) is 0 Å². The zero-order valence-corrected chi connectivity index (χ0v) is 5.73. The standard InChI is InChI=1S/C5H10N2S/c1-7-3-2-6-5(8)4-7/h2-3,5-6,8H,4H2,1H3. The summed E-state index contributed by atoms with van der Waals surface area (Å²) < 4.78 is 0. The SMILES string of the molecule is CN1C=CNC(S)C1. The summed E-state index contributed by atoms with van der Waals surface area (Å²) in [7, 11) is 2.03. The summed E-state index contributed by atoms with van der Waals surface area (Å²) in [4.78, 5) is 2.09. The molecule has 1 rings (SSSR count). The first-order chi connectivity index (χ1) is 3.79. The first-order valence-electron chi connectivity index (χ1n) is 2.60. The van der Waals surface area contributed by atoms with E-state index in [1.807, 2.05) is 19.4 Å². The van der Waals surface area contributed by atoms with Crippen molar-refractivity contribution in [3.8, 4) is 0 Å². The van der Waals surface area contributed by atoms with Crippen molar-refractivity contribution in [1.82, 2.24) is 10.2 Å². The van der Waals surface area contributed by atoms with Crippen molar-refractivity contribution in [3.05, 3.63) is 12.4 Å². The van der Waals surface area contributed by atoms with Gasteiger partial charge in [0.25, 0.3) is 0 Å². The number of thiol groups is 1. The quantitative estimate of drug-likeness (QED) is 0.457.